The molecule has 1 N–H and O–H groups in total. The quantitative estimate of drug-likeness (QED) is 0.285. The van der Waals surface area contributed by atoms with Crippen LogP contribution in [-0.4, -0.2) is 41.2 Å². The first-order valence-corrected chi connectivity index (χ1v) is 15.6. The number of carbonyl (C=O) groups is 3. The van der Waals surface area contributed by atoms with Gasteiger partial charge in [0, 0.05) is 41.3 Å². The lowest BCUT2D eigenvalue weighted by atomic mass is 9.63. The Morgan fingerprint density at radius 3 is 2.11 bits per heavy atom. The van der Waals surface area contributed by atoms with Crippen LogP contribution in [0.3, 0.4) is 0 Å². The van der Waals surface area contributed by atoms with E-state index in [-0.39, 0.29) is 35.5 Å². The van der Waals surface area contributed by atoms with Crippen LogP contribution in [-0.2, 0) is 21.0 Å². The molecule has 3 aromatic rings. The van der Waals surface area contributed by atoms with Gasteiger partial charge in [-0.1, -0.05) is 81.8 Å². The Hall–Kier alpha value is -4.10. The first kappa shape index (κ1) is 30.9. The third kappa shape index (κ3) is 5.74. The van der Waals surface area contributed by atoms with E-state index in [0.717, 1.165) is 16.3 Å². The smallest absolute Gasteiger partial charge is 0.323 e. The number of fused-ring (bicyclic) bond motifs is 1. The molecule has 8 heteroatoms. The first-order valence-electron chi connectivity index (χ1n) is 15.3. The average molecular weight is 628 g/mol. The highest BCUT2D eigenvalue weighted by Gasteiger charge is 2.49. The van der Waals surface area contributed by atoms with Crippen LogP contribution in [0.25, 0.3) is 10.8 Å². The van der Waals surface area contributed by atoms with Gasteiger partial charge in [0.05, 0.1) is 12.1 Å². The monoisotopic (exact) mass is 627 g/mol. The van der Waals surface area contributed by atoms with E-state index in [1.165, 1.54) is 7.11 Å². The highest BCUT2D eigenvalue weighted by Crippen LogP contribution is 2.55. The van der Waals surface area contributed by atoms with Crippen molar-refractivity contribution in [3.63, 3.8) is 0 Å². The number of Topliss-reactive ketones (excluding diaryl/α,β-unsaturated/α-hetero) is 2. The minimum Gasteiger partial charge on any atom is -0.493 e. The molecule has 234 valence electrons. The van der Waals surface area contributed by atoms with Crippen molar-refractivity contribution in [3.8, 4) is 11.5 Å². The maximum absolute atomic E-state index is 14.0. The van der Waals surface area contributed by atoms with E-state index in [9.17, 15) is 19.5 Å². The molecule has 0 saturated carbocycles. The normalized spacial score (nSPS) is 19.5. The number of ketones is 2. The van der Waals surface area contributed by atoms with E-state index >= 15 is 0 Å². The van der Waals surface area contributed by atoms with E-state index in [1.54, 1.807) is 17.0 Å². The van der Waals surface area contributed by atoms with Gasteiger partial charge in [0.2, 0.25) is 0 Å². The van der Waals surface area contributed by atoms with Crippen molar-refractivity contribution in [2.24, 2.45) is 10.8 Å². The van der Waals surface area contributed by atoms with Crippen molar-refractivity contribution in [1.82, 2.24) is 4.90 Å². The summed E-state index contributed by atoms with van der Waals surface area (Å²) in [5.41, 5.74) is 3.23. The molecule has 0 aromatic heterocycles. The molecule has 1 aliphatic heterocycles. The van der Waals surface area contributed by atoms with Crippen molar-refractivity contribution in [2.45, 2.75) is 65.9 Å². The third-order valence-corrected chi connectivity index (χ3v) is 9.43. The fourth-order valence-corrected chi connectivity index (χ4v) is 7.60. The molecule has 45 heavy (non-hydrogen) atoms. The van der Waals surface area contributed by atoms with Crippen LogP contribution in [0.4, 0.5) is 0 Å². The number of ether oxygens (including phenoxy) is 2. The Bertz CT molecular complexity index is 1760. The van der Waals surface area contributed by atoms with Gasteiger partial charge in [0.15, 0.2) is 23.1 Å². The van der Waals surface area contributed by atoms with E-state index < -0.39 is 11.9 Å². The standard InChI is InChI=1S/C37H38ClNO6/c1-36(2)15-26-33(28(40)17-36)32(34-27(39(26)19-31(42)43)16-37(3,4)18-29(34)41)23-13-25(38)35(30(14-23)44-5)45-20-22-11-8-10-21-9-6-7-12-24(21)22/h6-14,32H,15-20H2,1-5H3,(H,42,43). The highest BCUT2D eigenvalue weighted by atomic mass is 35.5. The number of carbonyl (C=O) groups excluding carboxylic acids is 2. The zero-order chi connectivity index (χ0) is 32.3. The molecule has 0 bridgehead atoms. The molecular weight excluding hydrogens is 590 g/mol. The lowest BCUT2D eigenvalue weighted by Gasteiger charge is -2.48. The Morgan fingerprint density at radius 2 is 1.51 bits per heavy atom. The molecular formula is C37H38ClNO6. The lowest BCUT2D eigenvalue weighted by molar-refractivity contribution is -0.138. The maximum Gasteiger partial charge on any atom is 0.323 e. The molecule has 7 nitrogen and oxygen atoms in total. The molecule has 0 spiro atoms. The van der Waals surface area contributed by atoms with Crippen molar-refractivity contribution in [3.05, 3.63) is 93.3 Å². The molecule has 0 radical (unpaired) electrons. The predicted molar refractivity (Wildman–Crippen MR) is 173 cm³/mol. The van der Waals surface area contributed by atoms with Crippen LogP contribution in [0.2, 0.25) is 5.02 Å². The van der Waals surface area contributed by atoms with Crippen molar-refractivity contribution >= 4 is 39.9 Å². The van der Waals surface area contributed by atoms with Crippen LogP contribution in [0, 0.1) is 10.8 Å². The lowest BCUT2D eigenvalue weighted by Crippen LogP contribution is -2.45. The van der Waals surface area contributed by atoms with Gasteiger partial charge in [-0.25, -0.2) is 0 Å². The van der Waals surface area contributed by atoms with Gasteiger partial charge >= 0.3 is 5.97 Å². The largest absolute Gasteiger partial charge is 0.493 e. The molecule has 0 unspecified atom stereocenters. The van der Waals surface area contributed by atoms with Crippen LogP contribution in [0.1, 0.15) is 70.4 Å². The minimum atomic E-state index is -1.02. The van der Waals surface area contributed by atoms with E-state index in [1.807, 2.05) is 58.0 Å². The number of aliphatic carboxylic acids is 1. The summed E-state index contributed by atoms with van der Waals surface area (Å²) >= 11 is 6.93. The predicted octanol–water partition coefficient (Wildman–Crippen LogP) is 7.85. The molecule has 0 saturated heterocycles. The summed E-state index contributed by atoms with van der Waals surface area (Å²) in [5.74, 6) is -1.12. The van der Waals surface area contributed by atoms with E-state index in [0.29, 0.717) is 70.3 Å². The number of halogens is 1. The Labute approximate surface area is 268 Å². The van der Waals surface area contributed by atoms with Crippen LogP contribution in [0.5, 0.6) is 11.5 Å². The summed E-state index contributed by atoms with van der Waals surface area (Å²) in [4.78, 5) is 41.9. The number of nitrogens with zero attached hydrogens (tertiary/aromatic N) is 1. The number of rotatable bonds is 7. The van der Waals surface area contributed by atoms with E-state index in [4.69, 9.17) is 21.1 Å². The Kier molecular flexibility index (Phi) is 7.80. The zero-order valence-electron chi connectivity index (χ0n) is 26.3. The van der Waals surface area contributed by atoms with Crippen LogP contribution >= 0.6 is 11.6 Å². The fraction of sp³-hybridized carbons (Fsp3) is 0.378. The summed E-state index contributed by atoms with van der Waals surface area (Å²) in [5, 5.41) is 12.4. The number of hydrogen-bond donors (Lipinski definition) is 1. The molecule has 0 amide bonds. The number of methoxy groups -OCH3 is 1. The zero-order valence-corrected chi connectivity index (χ0v) is 27.1. The minimum absolute atomic E-state index is 0.0859. The molecule has 6 rings (SSSR count). The summed E-state index contributed by atoms with van der Waals surface area (Å²) in [6.45, 7) is 8.02. The number of benzene rings is 3. The summed E-state index contributed by atoms with van der Waals surface area (Å²) in [6, 6.07) is 17.7. The van der Waals surface area contributed by atoms with Crippen molar-refractivity contribution < 1.29 is 29.0 Å². The van der Waals surface area contributed by atoms with Gasteiger partial charge in [-0.15, -0.1) is 0 Å². The first-order chi connectivity index (χ1) is 21.3. The molecule has 3 aromatic carbocycles. The fourth-order valence-electron chi connectivity index (χ4n) is 7.32. The third-order valence-electron chi connectivity index (χ3n) is 9.15. The molecule has 0 atom stereocenters. The number of carboxylic acids is 1. The van der Waals surface area contributed by atoms with Gasteiger partial charge in [-0.05, 0) is 57.7 Å². The highest BCUT2D eigenvalue weighted by molar-refractivity contribution is 6.32. The summed E-state index contributed by atoms with van der Waals surface area (Å²) in [6.07, 6.45) is 1.62. The molecule has 2 aliphatic carbocycles. The Morgan fingerprint density at radius 1 is 0.911 bits per heavy atom. The summed E-state index contributed by atoms with van der Waals surface area (Å²) in [7, 11) is 1.54. The Balaban J connectivity index is 1.48. The average Bonchev–Trinajstić information content (AvgIpc) is 2.95. The topological polar surface area (TPSA) is 93.1 Å². The number of hydrogen-bond acceptors (Lipinski definition) is 6. The summed E-state index contributed by atoms with van der Waals surface area (Å²) < 4.78 is 12.1. The second-order valence-electron chi connectivity index (χ2n) is 14.0. The van der Waals surface area contributed by atoms with Crippen molar-refractivity contribution in [2.75, 3.05) is 13.7 Å². The molecule has 0 fully saturated rings. The van der Waals surface area contributed by atoms with Gasteiger partial charge in [0.1, 0.15) is 13.2 Å². The van der Waals surface area contributed by atoms with Crippen molar-refractivity contribution in [1.29, 1.82) is 0 Å². The van der Waals surface area contributed by atoms with Gasteiger partial charge in [-0.3, -0.25) is 14.4 Å². The number of allylic oxidation sites excluding steroid dienone is 4. The SMILES string of the molecule is COc1cc(C2C3=C(CC(C)(C)CC3=O)N(CC(=O)O)C3=C2C(=O)CC(C)(C)C3)cc(Cl)c1OCc1cccc2ccccc12. The molecule has 3 aliphatic rings. The second-order valence-corrected chi connectivity index (χ2v) is 14.4. The van der Waals surface area contributed by atoms with Gasteiger partial charge in [-0.2, -0.15) is 0 Å². The maximum atomic E-state index is 14.0. The number of carboxylic acid groups (broad SMARTS) is 1. The second kappa shape index (κ2) is 11.4. The van der Waals surface area contributed by atoms with Crippen LogP contribution in [0.15, 0.2) is 77.1 Å². The van der Waals surface area contributed by atoms with Crippen LogP contribution < -0.4 is 9.47 Å². The molecule has 1 heterocycles. The van der Waals surface area contributed by atoms with E-state index in [2.05, 4.69) is 12.1 Å². The van der Waals surface area contributed by atoms with Gasteiger partial charge in [0.25, 0.3) is 0 Å². The van der Waals surface area contributed by atoms with Gasteiger partial charge < -0.3 is 19.5 Å².